The lowest BCUT2D eigenvalue weighted by Crippen LogP contribution is -2.41. The lowest BCUT2D eigenvalue weighted by Gasteiger charge is -2.37. The Hall–Kier alpha value is -3.58. The van der Waals surface area contributed by atoms with Crippen LogP contribution >= 0.6 is 11.3 Å². The molecular formula is C25H23N3O3S. The zero-order chi connectivity index (χ0) is 22.1. The SMILES string of the molecule is COc1cc2c(cc1OC)[C@@H](c1cccs1)N(C(=O)c1cncn1-c1ccccc1)CC2. The smallest absolute Gasteiger partial charge is 0.273 e. The summed E-state index contributed by atoms with van der Waals surface area (Å²) < 4.78 is 12.9. The van der Waals surface area contributed by atoms with Gasteiger partial charge in [0, 0.05) is 17.1 Å². The number of nitrogens with zero attached hydrogens (tertiary/aromatic N) is 3. The molecule has 1 amide bonds. The van der Waals surface area contributed by atoms with Gasteiger partial charge in [-0.25, -0.2) is 4.98 Å². The molecule has 0 unspecified atom stereocenters. The molecule has 0 saturated carbocycles. The number of amides is 1. The largest absolute Gasteiger partial charge is 0.493 e. The summed E-state index contributed by atoms with van der Waals surface area (Å²) in [5.41, 5.74) is 3.68. The molecule has 0 radical (unpaired) electrons. The van der Waals surface area contributed by atoms with Gasteiger partial charge in [-0.3, -0.25) is 9.36 Å². The summed E-state index contributed by atoms with van der Waals surface area (Å²) in [6, 6.07) is 17.7. The Labute approximate surface area is 190 Å². The van der Waals surface area contributed by atoms with Gasteiger partial charge < -0.3 is 14.4 Å². The van der Waals surface area contributed by atoms with E-state index < -0.39 is 0 Å². The van der Waals surface area contributed by atoms with Gasteiger partial charge in [0.25, 0.3) is 5.91 Å². The number of thiophene rings is 1. The van der Waals surface area contributed by atoms with Gasteiger partial charge >= 0.3 is 0 Å². The van der Waals surface area contributed by atoms with Gasteiger partial charge in [0.2, 0.25) is 0 Å². The third-order valence-corrected chi connectivity index (χ3v) is 6.76. The first-order valence-corrected chi connectivity index (χ1v) is 11.3. The van der Waals surface area contributed by atoms with Crippen molar-refractivity contribution in [2.45, 2.75) is 12.5 Å². The summed E-state index contributed by atoms with van der Waals surface area (Å²) in [6.07, 6.45) is 4.07. The summed E-state index contributed by atoms with van der Waals surface area (Å²) in [5, 5.41) is 2.04. The van der Waals surface area contributed by atoms with E-state index in [1.165, 1.54) is 5.56 Å². The Bertz CT molecular complexity index is 1230. The molecule has 2 aromatic carbocycles. The van der Waals surface area contributed by atoms with Crippen LogP contribution in [-0.2, 0) is 6.42 Å². The number of ether oxygens (including phenoxy) is 2. The molecule has 0 spiro atoms. The summed E-state index contributed by atoms with van der Waals surface area (Å²) >= 11 is 1.65. The first-order valence-electron chi connectivity index (χ1n) is 10.4. The minimum absolute atomic E-state index is 0.0508. The highest BCUT2D eigenvalue weighted by molar-refractivity contribution is 7.10. The van der Waals surface area contributed by atoms with Crippen LogP contribution in [0.2, 0.25) is 0 Å². The normalized spacial score (nSPS) is 15.3. The van der Waals surface area contributed by atoms with Crippen LogP contribution in [0.25, 0.3) is 5.69 Å². The average molecular weight is 446 g/mol. The highest BCUT2D eigenvalue weighted by Gasteiger charge is 2.35. The molecule has 0 saturated heterocycles. The van der Waals surface area contributed by atoms with Crippen LogP contribution < -0.4 is 9.47 Å². The topological polar surface area (TPSA) is 56.6 Å². The van der Waals surface area contributed by atoms with Gasteiger partial charge in [0.1, 0.15) is 5.69 Å². The van der Waals surface area contributed by atoms with Crippen molar-refractivity contribution in [1.82, 2.24) is 14.5 Å². The second-order valence-electron chi connectivity index (χ2n) is 7.56. The third-order valence-electron chi connectivity index (χ3n) is 5.84. The van der Waals surface area contributed by atoms with E-state index in [1.54, 1.807) is 38.1 Å². The van der Waals surface area contributed by atoms with Crippen molar-refractivity contribution in [3.8, 4) is 17.2 Å². The molecule has 6 nitrogen and oxygen atoms in total. The molecule has 7 heteroatoms. The van der Waals surface area contributed by atoms with Crippen LogP contribution in [0, 0.1) is 0 Å². The van der Waals surface area contributed by atoms with Crippen LogP contribution in [0.1, 0.15) is 32.5 Å². The fourth-order valence-corrected chi connectivity index (χ4v) is 5.17. The van der Waals surface area contributed by atoms with Crippen molar-refractivity contribution in [2.24, 2.45) is 0 Å². The molecule has 0 fully saturated rings. The van der Waals surface area contributed by atoms with Gasteiger partial charge in [-0.05, 0) is 53.3 Å². The van der Waals surface area contributed by atoms with Crippen molar-refractivity contribution in [2.75, 3.05) is 20.8 Å². The minimum Gasteiger partial charge on any atom is -0.493 e. The number of hydrogen-bond donors (Lipinski definition) is 0. The van der Waals surface area contributed by atoms with E-state index in [1.807, 2.05) is 63.4 Å². The molecule has 32 heavy (non-hydrogen) atoms. The first kappa shape index (κ1) is 20.3. The fraction of sp³-hybridized carbons (Fsp3) is 0.200. The molecule has 0 N–H and O–H groups in total. The molecule has 1 aliphatic rings. The van der Waals surface area contributed by atoms with Gasteiger partial charge in [0.05, 0.1) is 32.8 Å². The van der Waals surface area contributed by atoms with Crippen molar-refractivity contribution in [3.63, 3.8) is 0 Å². The molecule has 1 atom stereocenters. The Morgan fingerprint density at radius 1 is 1.06 bits per heavy atom. The van der Waals surface area contributed by atoms with E-state index in [4.69, 9.17) is 9.47 Å². The van der Waals surface area contributed by atoms with Crippen molar-refractivity contribution < 1.29 is 14.3 Å². The molecule has 162 valence electrons. The molecule has 0 bridgehead atoms. The molecule has 3 heterocycles. The zero-order valence-electron chi connectivity index (χ0n) is 17.9. The van der Waals surface area contributed by atoms with Crippen LogP contribution in [-0.4, -0.2) is 41.1 Å². The highest BCUT2D eigenvalue weighted by Crippen LogP contribution is 2.42. The van der Waals surface area contributed by atoms with E-state index >= 15 is 0 Å². The van der Waals surface area contributed by atoms with E-state index in [9.17, 15) is 4.79 Å². The number of hydrogen-bond acceptors (Lipinski definition) is 5. The maximum Gasteiger partial charge on any atom is 0.273 e. The van der Waals surface area contributed by atoms with Crippen LogP contribution in [0.15, 0.2) is 72.5 Å². The number of aromatic nitrogens is 2. The average Bonchev–Trinajstić information content (AvgIpc) is 3.55. The van der Waals surface area contributed by atoms with Gasteiger partial charge in [-0.2, -0.15) is 0 Å². The monoisotopic (exact) mass is 445 g/mol. The Morgan fingerprint density at radius 3 is 2.56 bits per heavy atom. The molecule has 2 aromatic heterocycles. The molecule has 1 aliphatic heterocycles. The number of imidazole rings is 1. The Kier molecular flexibility index (Phi) is 5.41. The Balaban J connectivity index is 1.60. The van der Waals surface area contributed by atoms with Crippen molar-refractivity contribution in [1.29, 1.82) is 0 Å². The zero-order valence-corrected chi connectivity index (χ0v) is 18.7. The van der Waals surface area contributed by atoms with Gasteiger partial charge in [0.15, 0.2) is 11.5 Å². The number of carbonyl (C=O) groups excluding carboxylic acids is 1. The van der Waals surface area contributed by atoms with E-state index in [0.29, 0.717) is 23.7 Å². The quantitative estimate of drug-likeness (QED) is 0.445. The van der Waals surface area contributed by atoms with E-state index in [2.05, 4.69) is 11.1 Å². The van der Waals surface area contributed by atoms with Gasteiger partial charge in [-0.1, -0.05) is 24.3 Å². The third kappa shape index (κ3) is 3.44. The lowest BCUT2D eigenvalue weighted by molar-refractivity contribution is 0.0688. The molecule has 5 rings (SSSR count). The van der Waals surface area contributed by atoms with Gasteiger partial charge in [-0.15, -0.1) is 11.3 Å². The van der Waals surface area contributed by atoms with Crippen LogP contribution in [0.4, 0.5) is 0 Å². The second kappa shape index (κ2) is 8.51. The van der Waals surface area contributed by atoms with Crippen molar-refractivity contribution in [3.05, 3.63) is 94.2 Å². The summed E-state index contributed by atoms with van der Waals surface area (Å²) in [4.78, 5) is 21.2. The number of methoxy groups -OCH3 is 2. The number of rotatable bonds is 5. The number of carbonyl (C=O) groups is 1. The number of fused-ring (bicyclic) bond motifs is 1. The predicted octanol–water partition coefficient (Wildman–Crippen LogP) is 4.74. The van der Waals surface area contributed by atoms with E-state index in [0.717, 1.165) is 22.5 Å². The van der Waals surface area contributed by atoms with Crippen LogP contribution in [0.3, 0.4) is 0 Å². The standard InChI is InChI=1S/C25H23N3O3S/c1-30-21-13-17-10-11-27(24(23-9-6-12-32-23)19(17)14-22(21)31-2)25(29)20-15-26-16-28(20)18-7-4-3-5-8-18/h3-9,12-16,24H,10-11H2,1-2H3/t24-/m0/s1. The van der Waals surface area contributed by atoms with Crippen LogP contribution in [0.5, 0.6) is 11.5 Å². The molecule has 0 aliphatic carbocycles. The molecular weight excluding hydrogens is 422 g/mol. The highest BCUT2D eigenvalue weighted by atomic mass is 32.1. The summed E-state index contributed by atoms with van der Waals surface area (Å²) in [5.74, 6) is 1.32. The minimum atomic E-state index is -0.204. The maximum absolute atomic E-state index is 13.9. The first-order chi connectivity index (χ1) is 15.7. The summed E-state index contributed by atoms with van der Waals surface area (Å²) in [6.45, 7) is 0.601. The van der Waals surface area contributed by atoms with Crippen molar-refractivity contribution >= 4 is 17.2 Å². The number of para-hydroxylation sites is 1. The van der Waals surface area contributed by atoms with E-state index in [-0.39, 0.29) is 11.9 Å². The predicted molar refractivity (Wildman–Crippen MR) is 124 cm³/mol. The Morgan fingerprint density at radius 2 is 1.84 bits per heavy atom. The fourth-order valence-electron chi connectivity index (χ4n) is 4.31. The maximum atomic E-state index is 13.9. The number of benzene rings is 2. The summed E-state index contributed by atoms with van der Waals surface area (Å²) in [7, 11) is 3.28. The lowest BCUT2D eigenvalue weighted by atomic mass is 9.90. The second-order valence-corrected chi connectivity index (χ2v) is 8.54. The molecule has 4 aromatic rings.